The van der Waals surface area contributed by atoms with Gasteiger partial charge < -0.3 is 5.11 Å². The molecule has 0 aliphatic rings. The number of nitrogens with zero attached hydrogens (tertiary/aromatic N) is 1. The molecule has 0 saturated heterocycles. The highest BCUT2D eigenvalue weighted by molar-refractivity contribution is 7.93. The summed E-state index contributed by atoms with van der Waals surface area (Å²) in [6.45, 7) is 0. The van der Waals surface area contributed by atoms with Gasteiger partial charge in [0.2, 0.25) is 19.9 Å². The third-order valence-electron chi connectivity index (χ3n) is 3.11. The molecule has 0 fully saturated rings. The number of hydrogen-bond donors (Lipinski definition) is 2. The summed E-state index contributed by atoms with van der Waals surface area (Å²) in [5.41, 5.74) is -1.99. The third kappa shape index (κ3) is 3.50. The Labute approximate surface area is 141 Å². The standard InChI is InChI=1S/C13H10N2O8S2/c14-25(22,23)11-7-8(13(16)17)6-10(15(18)19)12(11)24(20,21)9-4-2-1-3-5-9/h1-7H,(H,16,17)(H2,14,22,23). The molecule has 10 nitrogen and oxygen atoms in total. The number of sulfonamides is 1. The van der Waals surface area contributed by atoms with Crippen LogP contribution in [0.5, 0.6) is 0 Å². The monoisotopic (exact) mass is 386 g/mol. The van der Waals surface area contributed by atoms with Crippen molar-refractivity contribution in [3.05, 3.63) is 58.1 Å². The predicted molar refractivity (Wildman–Crippen MR) is 83.3 cm³/mol. The van der Waals surface area contributed by atoms with Crippen molar-refractivity contribution < 1.29 is 31.7 Å². The second-order valence-electron chi connectivity index (χ2n) is 4.75. The van der Waals surface area contributed by atoms with Crippen molar-refractivity contribution in [2.75, 3.05) is 0 Å². The van der Waals surface area contributed by atoms with Crippen molar-refractivity contribution >= 4 is 31.5 Å². The first-order valence-electron chi connectivity index (χ1n) is 6.35. The van der Waals surface area contributed by atoms with Crippen LogP contribution in [0.1, 0.15) is 10.4 Å². The van der Waals surface area contributed by atoms with Crippen LogP contribution < -0.4 is 5.14 Å². The molecule has 0 aromatic heterocycles. The number of benzene rings is 2. The molecule has 0 amide bonds. The van der Waals surface area contributed by atoms with E-state index in [1.807, 2.05) is 0 Å². The Bertz CT molecular complexity index is 1080. The molecule has 0 aliphatic heterocycles. The van der Waals surface area contributed by atoms with Crippen LogP contribution in [0.25, 0.3) is 0 Å². The van der Waals surface area contributed by atoms with Crippen molar-refractivity contribution in [1.82, 2.24) is 0 Å². The zero-order valence-electron chi connectivity index (χ0n) is 12.2. The van der Waals surface area contributed by atoms with Gasteiger partial charge in [-0.2, -0.15) is 0 Å². The van der Waals surface area contributed by atoms with E-state index in [-0.39, 0.29) is 0 Å². The summed E-state index contributed by atoms with van der Waals surface area (Å²) in [5, 5.41) is 25.2. The summed E-state index contributed by atoms with van der Waals surface area (Å²) < 4.78 is 49.0. The lowest BCUT2D eigenvalue weighted by atomic mass is 10.2. The average Bonchev–Trinajstić information content (AvgIpc) is 2.53. The van der Waals surface area contributed by atoms with Crippen molar-refractivity contribution in [2.45, 2.75) is 14.7 Å². The van der Waals surface area contributed by atoms with E-state index in [0.717, 1.165) is 12.1 Å². The molecule has 25 heavy (non-hydrogen) atoms. The van der Waals surface area contributed by atoms with Gasteiger partial charge in [-0.25, -0.2) is 26.8 Å². The molecular weight excluding hydrogens is 376 g/mol. The van der Waals surface area contributed by atoms with Gasteiger partial charge >= 0.3 is 5.97 Å². The van der Waals surface area contributed by atoms with Gasteiger partial charge in [0.05, 0.1) is 15.4 Å². The van der Waals surface area contributed by atoms with Crippen LogP contribution in [0.15, 0.2) is 57.2 Å². The van der Waals surface area contributed by atoms with Crippen molar-refractivity contribution in [1.29, 1.82) is 0 Å². The number of nitrogens with two attached hydrogens (primary N) is 1. The molecule has 3 N–H and O–H groups in total. The molecule has 0 radical (unpaired) electrons. The molecule has 0 heterocycles. The first kappa shape index (κ1) is 18.5. The lowest BCUT2D eigenvalue weighted by Crippen LogP contribution is -2.19. The van der Waals surface area contributed by atoms with E-state index in [4.69, 9.17) is 10.2 Å². The molecule has 0 spiro atoms. The van der Waals surface area contributed by atoms with Crippen LogP contribution in [0.2, 0.25) is 0 Å². The van der Waals surface area contributed by atoms with Crippen molar-refractivity contribution in [3.63, 3.8) is 0 Å². The Morgan fingerprint density at radius 1 is 1.08 bits per heavy atom. The van der Waals surface area contributed by atoms with Crippen LogP contribution in [-0.2, 0) is 19.9 Å². The highest BCUT2D eigenvalue weighted by atomic mass is 32.2. The fourth-order valence-electron chi connectivity index (χ4n) is 2.05. The maximum atomic E-state index is 12.7. The second-order valence-corrected chi connectivity index (χ2v) is 8.16. The van der Waals surface area contributed by atoms with E-state index >= 15 is 0 Å². The normalized spacial score (nSPS) is 11.9. The van der Waals surface area contributed by atoms with Gasteiger partial charge in [0.15, 0.2) is 4.90 Å². The highest BCUT2D eigenvalue weighted by Gasteiger charge is 2.36. The van der Waals surface area contributed by atoms with E-state index in [1.54, 1.807) is 0 Å². The zero-order chi connectivity index (χ0) is 19.0. The highest BCUT2D eigenvalue weighted by Crippen LogP contribution is 2.35. The van der Waals surface area contributed by atoms with Gasteiger partial charge in [-0.05, 0) is 18.2 Å². The van der Waals surface area contributed by atoms with Gasteiger partial charge in [0, 0.05) is 6.07 Å². The SMILES string of the molecule is NS(=O)(=O)c1cc(C(=O)O)cc([N+](=O)[O-])c1S(=O)(=O)c1ccccc1. The first-order valence-corrected chi connectivity index (χ1v) is 9.38. The fourth-order valence-corrected chi connectivity index (χ4v) is 4.86. The quantitative estimate of drug-likeness (QED) is 0.559. The summed E-state index contributed by atoms with van der Waals surface area (Å²) >= 11 is 0. The number of rotatable bonds is 5. The Balaban J connectivity index is 3.03. The average molecular weight is 386 g/mol. The summed E-state index contributed by atoms with van der Waals surface area (Å²) in [6.07, 6.45) is 0. The maximum absolute atomic E-state index is 12.7. The summed E-state index contributed by atoms with van der Waals surface area (Å²) in [5.74, 6) is -1.68. The maximum Gasteiger partial charge on any atom is 0.335 e. The van der Waals surface area contributed by atoms with Crippen LogP contribution in [0, 0.1) is 10.1 Å². The lowest BCUT2D eigenvalue weighted by molar-refractivity contribution is -0.388. The number of nitro benzene ring substituents is 1. The van der Waals surface area contributed by atoms with Crippen molar-refractivity contribution in [2.24, 2.45) is 5.14 Å². The number of aromatic carboxylic acids is 1. The number of nitro groups is 1. The molecule has 2 rings (SSSR count). The minimum Gasteiger partial charge on any atom is -0.478 e. The molecule has 0 bridgehead atoms. The summed E-state index contributed by atoms with van der Waals surface area (Å²) in [4.78, 5) is 18.4. The van der Waals surface area contributed by atoms with Gasteiger partial charge in [-0.1, -0.05) is 18.2 Å². The smallest absolute Gasteiger partial charge is 0.335 e. The van der Waals surface area contributed by atoms with Gasteiger partial charge in [-0.3, -0.25) is 10.1 Å². The van der Waals surface area contributed by atoms with Crippen LogP contribution in [0.3, 0.4) is 0 Å². The molecule has 2 aromatic rings. The molecule has 2 aromatic carbocycles. The molecule has 0 saturated carbocycles. The zero-order valence-corrected chi connectivity index (χ0v) is 13.8. The van der Waals surface area contributed by atoms with E-state index < -0.39 is 56.7 Å². The third-order valence-corrected chi connectivity index (χ3v) is 6.03. The number of hydrogen-bond acceptors (Lipinski definition) is 7. The van der Waals surface area contributed by atoms with Crippen LogP contribution in [0.4, 0.5) is 5.69 Å². The molecular formula is C13H10N2O8S2. The summed E-state index contributed by atoms with van der Waals surface area (Å²) in [6, 6.07) is 7.31. The molecule has 132 valence electrons. The van der Waals surface area contributed by atoms with Gasteiger partial charge in [0.25, 0.3) is 5.69 Å². The number of carbonyl (C=O) groups is 1. The molecule has 0 aliphatic carbocycles. The number of carboxylic acids is 1. The summed E-state index contributed by atoms with van der Waals surface area (Å²) in [7, 11) is -9.45. The Hall–Kier alpha value is -2.83. The lowest BCUT2D eigenvalue weighted by Gasteiger charge is -2.11. The van der Waals surface area contributed by atoms with Gasteiger partial charge in [-0.15, -0.1) is 0 Å². The minimum atomic E-state index is -4.78. The van der Waals surface area contributed by atoms with Gasteiger partial charge in [0.1, 0.15) is 4.90 Å². The van der Waals surface area contributed by atoms with Crippen LogP contribution >= 0.6 is 0 Å². The Morgan fingerprint density at radius 2 is 1.64 bits per heavy atom. The van der Waals surface area contributed by atoms with E-state index in [1.165, 1.54) is 18.2 Å². The molecule has 0 atom stereocenters. The van der Waals surface area contributed by atoms with E-state index in [9.17, 15) is 31.7 Å². The minimum absolute atomic E-state index is 0.411. The topological polar surface area (TPSA) is 175 Å². The predicted octanol–water partition coefficient (Wildman–Crippen LogP) is 0.773. The number of carboxylic acid groups (broad SMARTS) is 1. The second kappa shape index (κ2) is 6.23. The van der Waals surface area contributed by atoms with E-state index in [2.05, 4.69) is 0 Å². The Kier molecular flexibility index (Phi) is 4.61. The number of sulfone groups is 1. The number of primary sulfonamides is 1. The van der Waals surface area contributed by atoms with E-state index in [0.29, 0.717) is 12.1 Å². The Morgan fingerprint density at radius 3 is 2.08 bits per heavy atom. The molecule has 12 heteroatoms. The fraction of sp³-hybridized carbons (Fsp3) is 0. The molecule has 0 unspecified atom stereocenters. The largest absolute Gasteiger partial charge is 0.478 e. The first-order chi connectivity index (χ1) is 11.5. The van der Waals surface area contributed by atoms with Crippen molar-refractivity contribution in [3.8, 4) is 0 Å². The van der Waals surface area contributed by atoms with Crippen LogP contribution in [-0.4, -0.2) is 32.8 Å².